The minimum absolute atomic E-state index is 0.126. The summed E-state index contributed by atoms with van der Waals surface area (Å²) >= 11 is 0. The van der Waals surface area contributed by atoms with Crippen molar-refractivity contribution >= 4 is 17.8 Å². The van der Waals surface area contributed by atoms with Crippen molar-refractivity contribution in [3.05, 3.63) is 0 Å². The van der Waals surface area contributed by atoms with Crippen molar-refractivity contribution in [2.45, 2.75) is 38.5 Å². The first-order chi connectivity index (χ1) is 8.65. The van der Waals surface area contributed by atoms with E-state index in [9.17, 15) is 27.6 Å². The molecule has 1 fully saturated rings. The summed E-state index contributed by atoms with van der Waals surface area (Å²) < 4.78 is 39.1. The molecule has 6 nitrogen and oxygen atoms in total. The molecule has 0 aliphatic carbocycles. The Morgan fingerprint density at radius 3 is 2.42 bits per heavy atom. The zero-order valence-corrected chi connectivity index (χ0v) is 10.4. The van der Waals surface area contributed by atoms with Gasteiger partial charge in [0.15, 0.2) is 0 Å². The number of hydrogen-bond donors (Lipinski definition) is 2. The molecule has 0 aromatic carbocycles. The van der Waals surface area contributed by atoms with Gasteiger partial charge in [0, 0.05) is 13.5 Å². The molecule has 0 aromatic heterocycles. The van der Waals surface area contributed by atoms with E-state index >= 15 is 0 Å². The molecule has 108 valence electrons. The predicted molar refractivity (Wildman–Crippen MR) is 57.8 cm³/mol. The summed E-state index contributed by atoms with van der Waals surface area (Å²) in [5.41, 5.74) is -3.36. The number of nitrogens with one attached hydrogen (secondary N) is 2. The summed E-state index contributed by atoms with van der Waals surface area (Å²) in [6.45, 7) is 2.48. The van der Waals surface area contributed by atoms with Gasteiger partial charge in [-0.25, -0.2) is 4.79 Å². The van der Waals surface area contributed by atoms with Gasteiger partial charge in [0.05, 0.1) is 0 Å². The van der Waals surface area contributed by atoms with Crippen molar-refractivity contribution < 1.29 is 27.6 Å². The molecule has 0 bridgehead atoms. The van der Waals surface area contributed by atoms with Gasteiger partial charge in [-0.1, -0.05) is 13.3 Å². The van der Waals surface area contributed by atoms with Crippen molar-refractivity contribution in [3.63, 3.8) is 0 Å². The van der Waals surface area contributed by atoms with Gasteiger partial charge in [-0.05, 0) is 6.42 Å². The zero-order chi connectivity index (χ0) is 14.8. The molecule has 4 amide bonds. The summed E-state index contributed by atoms with van der Waals surface area (Å²) in [7, 11) is 0. The summed E-state index contributed by atoms with van der Waals surface area (Å²) in [4.78, 5) is 34.7. The molecule has 1 heterocycles. The molecule has 0 saturated carbocycles. The van der Waals surface area contributed by atoms with Crippen LogP contribution in [0.5, 0.6) is 0 Å². The van der Waals surface area contributed by atoms with Gasteiger partial charge in [0.2, 0.25) is 5.91 Å². The van der Waals surface area contributed by atoms with Gasteiger partial charge in [-0.3, -0.25) is 19.8 Å². The van der Waals surface area contributed by atoms with Crippen LogP contribution in [0.2, 0.25) is 0 Å². The monoisotopic (exact) mass is 281 g/mol. The molecule has 1 atom stereocenters. The third kappa shape index (κ3) is 2.64. The number of unbranched alkanes of at least 4 members (excludes halogenated alkanes) is 1. The van der Waals surface area contributed by atoms with E-state index in [2.05, 4.69) is 0 Å². The van der Waals surface area contributed by atoms with Crippen LogP contribution in [-0.4, -0.2) is 41.1 Å². The Morgan fingerprint density at radius 2 is 2.00 bits per heavy atom. The average Bonchev–Trinajstić information content (AvgIpc) is 2.48. The van der Waals surface area contributed by atoms with Crippen LogP contribution >= 0.6 is 0 Å². The number of amides is 4. The first-order valence-electron chi connectivity index (χ1n) is 5.65. The molecule has 1 aliphatic rings. The summed E-state index contributed by atoms with van der Waals surface area (Å²) in [6.07, 6.45) is -4.13. The molecular formula is C10H14F3N3O3. The highest BCUT2D eigenvalue weighted by Gasteiger charge is 2.68. The van der Waals surface area contributed by atoms with Crippen LogP contribution in [0.25, 0.3) is 0 Å². The summed E-state index contributed by atoms with van der Waals surface area (Å²) in [5, 5.41) is 3.02. The molecule has 9 heteroatoms. The van der Waals surface area contributed by atoms with Gasteiger partial charge < -0.3 is 5.32 Å². The second-order valence-corrected chi connectivity index (χ2v) is 4.17. The highest BCUT2D eigenvalue weighted by molar-refractivity contribution is 6.08. The lowest BCUT2D eigenvalue weighted by Gasteiger charge is -2.29. The van der Waals surface area contributed by atoms with E-state index in [0.29, 0.717) is 17.7 Å². The largest absolute Gasteiger partial charge is 0.440 e. The Balaban J connectivity index is 3.10. The molecule has 1 aliphatic heterocycles. The molecule has 0 spiro atoms. The van der Waals surface area contributed by atoms with Crippen molar-refractivity contribution in [1.29, 1.82) is 0 Å². The number of hydrogen-bond acceptors (Lipinski definition) is 3. The number of carbonyl (C=O) groups excluding carboxylic acids is 3. The molecule has 19 heavy (non-hydrogen) atoms. The third-order valence-electron chi connectivity index (χ3n) is 2.63. The zero-order valence-electron chi connectivity index (χ0n) is 10.4. The molecule has 0 radical (unpaired) electrons. The van der Waals surface area contributed by atoms with E-state index in [1.165, 1.54) is 10.6 Å². The van der Waals surface area contributed by atoms with Gasteiger partial charge >= 0.3 is 12.2 Å². The Labute approximate surface area is 107 Å². The van der Waals surface area contributed by atoms with E-state index in [1.54, 1.807) is 6.92 Å². The fourth-order valence-electron chi connectivity index (χ4n) is 1.71. The van der Waals surface area contributed by atoms with Crippen LogP contribution in [0, 0.1) is 0 Å². The van der Waals surface area contributed by atoms with Crippen LogP contribution in [0.1, 0.15) is 26.7 Å². The lowest BCUT2D eigenvalue weighted by atomic mass is 10.1. The van der Waals surface area contributed by atoms with Gasteiger partial charge in [0.25, 0.3) is 11.6 Å². The van der Waals surface area contributed by atoms with E-state index < -0.39 is 29.7 Å². The summed E-state index contributed by atoms with van der Waals surface area (Å²) in [6, 6.07) is -1.16. The Morgan fingerprint density at radius 1 is 1.42 bits per heavy atom. The Bertz CT molecular complexity index is 411. The minimum Gasteiger partial charge on any atom is -0.318 e. The normalized spacial score (nSPS) is 23.5. The number of halogens is 3. The van der Waals surface area contributed by atoms with Crippen LogP contribution in [0.4, 0.5) is 18.0 Å². The first kappa shape index (κ1) is 15.3. The number of nitrogens with zero attached hydrogens (tertiary/aromatic N) is 1. The van der Waals surface area contributed by atoms with E-state index in [0.717, 1.165) is 6.92 Å². The van der Waals surface area contributed by atoms with Crippen LogP contribution in [0.15, 0.2) is 0 Å². The first-order valence-corrected chi connectivity index (χ1v) is 5.65. The van der Waals surface area contributed by atoms with Crippen LogP contribution in [-0.2, 0) is 9.59 Å². The van der Waals surface area contributed by atoms with Gasteiger partial charge in [-0.2, -0.15) is 13.2 Å². The molecule has 0 aromatic rings. The lowest BCUT2D eigenvalue weighted by molar-refractivity contribution is -0.203. The second kappa shape index (κ2) is 5.06. The van der Waals surface area contributed by atoms with Crippen molar-refractivity contribution in [3.8, 4) is 0 Å². The van der Waals surface area contributed by atoms with E-state index in [-0.39, 0.29) is 6.54 Å². The highest BCUT2D eigenvalue weighted by Crippen LogP contribution is 2.33. The standard InChI is InChI=1S/C10H14F3N3O3/c1-3-4-5-16-7(18)9(10(11,12)13,14-6(2)17)15-8(16)19/h3-5H2,1-2H3,(H,14,17)(H,15,19)/t9-/m1/s1. The molecule has 2 N–H and O–H groups in total. The Kier molecular flexibility index (Phi) is 4.06. The van der Waals surface area contributed by atoms with Gasteiger partial charge in [0.1, 0.15) is 0 Å². The summed E-state index contributed by atoms with van der Waals surface area (Å²) in [5.74, 6) is -2.57. The SMILES string of the molecule is CCCCN1C(=O)N[C@@](NC(C)=O)(C(F)(F)F)C1=O. The quantitative estimate of drug-likeness (QED) is 0.746. The van der Waals surface area contributed by atoms with Crippen LogP contribution < -0.4 is 10.6 Å². The fraction of sp³-hybridized carbons (Fsp3) is 0.700. The lowest BCUT2D eigenvalue weighted by Crippen LogP contribution is -2.69. The number of imide groups is 1. The highest BCUT2D eigenvalue weighted by atomic mass is 19.4. The third-order valence-corrected chi connectivity index (χ3v) is 2.63. The van der Waals surface area contributed by atoms with E-state index in [1.807, 2.05) is 0 Å². The molecule has 1 rings (SSSR count). The number of alkyl halides is 3. The minimum atomic E-state index is -5.12. The van der Waals surface area contributed by atoms with Crippen molar-refractivity contribution in [1.82, 2.24) is 15.5 Å². The van der Waals surface area contributed by atoms with Crippen LogP contribution in [0.3, 0.4) is 0 Å². The molecule has 0 unspecified atom stereocenters. The predicted octanol–water partition coefficient (Wildman–Crippen LogP) is 0.733. The topological polar surface area (TPSA) is 78.5 Å². The average molecular weight is 281 g/mol. The van der Waals surface area contributed by atoms with E-state index in [4.69, 9.17) is 0 Å². The fourth-order valence-corrected chi connectivity index (χ4v) is 1.71. The maximum atomic E-state index is 13.0. The van der Waals surface area contributed by atoms with Gasteiger partial charge in [-0.15, -0.1) is 0 Å². The molecule has 1 saturated heterocycles. The number of carbonyl (C=O) groups is 3. The maximum absolute atomic E-state index is 13.0. The maximum Gasteiger partial charge on any atom is 0.440 e. The van der Waals surface area contributed by atoms with Crippen molar-refractivity contribution in [2.24, 2.45) is 0 Å². The smallest absolute Gasteiger partial charge is 0.318 e. The van der Waals surface area contributed by atoms with Crippen molar-refractivity contribution in [2.75, 3.05) is 6.54 Å². The molecular weight excluding hydrogens is 267 g/mol. The number of rotatable bonds is 4. The number of urea groups is 1. The Hall–Kier alpha value is -1.80. The second-order valence-electron chi connectivity index (χ2n) is 4.17.